The second-order valence-electron chi connectivity index (χ2n) is 5.70. The summed E-state index contributed by atoms with van der Waals surface area (Å²) in [5.41, 5.74) is -0.918. The molecule has 0 spiro atoms. The van der Waals surface area contributed by atoms with Gasteiger partial charge in [-0.15, -0.1) is 0 Å². The Kier molecular flexibility index (Phi) is 5.69. The molecule has 1 heterocycles. The lowest BCUT2D eigenvalue weighted by molar-refractivity contribution is -0.147. The van der Waals surface area contributed by atoms with E-state index in [0.717, 1.165) is 0 Å². The number of ether oxygens (including phenoxy) is 1. The molecule has 0 fully saturated rings. The summed E-state index contributed by atoms with van der Waals surface area (Å²) in [5, 5.41) is 0. The number of hydrogen-bond donors (Lipinski definition) is 0. The molecule has 0 aliphatic rings. The minimum absolute atomic E-state index is 0.0676. The summed E-state index contributed by atoms with van der Waals surface area (Å²) in [4.78, 5) is 48.7. The third-order valence-corrected chi connectivity index (χ3v) is 3.74. The maximum absolute atomic E-state index is 12.7. The Balaban J connectivity index is 2.50. The van der Waals surface area contributed by atoms with E-state index in [1.165, 1.54) is 36.7 Å². The first-order valence-electron chi connectivity index (χ1n) is 7.95. The number of carbonyl (C=O) groups is 2. The highest BCUT2D eigenvalue weighted by Gasteiger charge is 2.19. The Labute approximate surface area is 144 Å². The third kappa shape index (κ3) is 4.12. The van der Waals surface area contributed by atoms with Gasteiger partial charge in [-0.05, 0) is 25.5 Å². The van der Waals surface area contributed by atoms with Crippen molar-refractivity contribution < 1.29 is 14.3 Å². The predicted molar refractivity (Wildman–Crippen MR) is 91.7 cm³/mol. The van der Waals surface area contributed by atoms with Gasteiger partial charge in [0.1, 0.15) is 6.10 Å². The van der Waals surface area contributed by atoms with Crippen molar-refractivity contribution in [3.63, 3.8) is 0 Å². The van der Waals surface area contributed by atoms with E-state index in [0.29, 0.717) is 11.0 Å². The van der Waals surface area contributed by atoms with Gasteiger partial charge < -0.3 is 4.74 Å². The van der Waals surface area contributed by atoms with Gasteiger partial charge in [0.25, 0.3) is 11.5 Å². The molecule has 0 saturated heterocycles. The Hall–Kier alpha value is -2.96. The highest BCUT2D eigenvalue weighted by atomic mass is 16.5. The van der Waals surface area contributed by atoms with Crippen LogP contribution in [0.3, 0.4) is 0 Å². The summed E-state index contributed by atoms with van der Waals surface area (Å²) in [5.74, 6) is -1.14. The van der Waals surface area contributed by atoms with Crippen LogP contribution >= 0.6 is 0 Å². The fraction of sp³-hybridized carbons (Fsp3) is 0.333. The van der Waals surface area contributed by atoms with Crippen molar-refractivity contribution in [2.45, 2.75) is 39.8 Å². The molecule has 0 saturated carbocycles. The molecule has 2 aromatic rings. The van der Waals surface area contributed by atoms with E-state index in [4.69, 9.17) is 4.74 Å². The zero-order chi connectivity index (χ0) is 18.6. The SMILES string of the molecule is CCC(Cn1cc(C)c(=O)n(C(=O)c2ccccc2)c1=O)OC(C)=O. The highest BCUT2D eigenvalue weighted by Crippen LogP contribution is 2.03. The molecule has 0 N–H and O–H groups in total. The van der Waals surface area contributed by atoms with E-state index in [-0.39, 0.29) is 17.7 Å². The second-order valence-corrected chi connectivity index (χ2v) is 5.70. The minimum atomic E-state index is -0.755. The normalized spacial score (nSPS) is 11.8. The minimum Gasteiger partial charge on any atom is -0.461 e. The summed E-state index contributed by atoms with van der Waals surface area (Å²) in [6.45, 7) is 4.70. The lowest BCUT2D eigenvalue weighted by Gasteiger charge is -2.17. The number of rotatable bonds is 5. The van der Waals surface area contributed by atoms with Crippen LogP contribution in [-0.4, -0.2) is 27.1 Å². The molecule has 0 amide bonds. The van der Waals surface area contributed by atoms with Crippen LogP contribution in [0.2, 0.25) is 0 Å². The van der Waals surface area contributed by atoms with E-state index in [9.17, 15) is 19.2 Å². The van der Waals surface area contributed by atoms with Crippen LogP contribution in [0.4, 0.5) is 0 Å². The van der Waals surface area contributed by atoms with E-state index in [2.05, 4.69) is 0 Å². The number of aryl methyl sites for hydroxylation is 1. The van der Waals surface area contributed by atoms with E-state index < -0.39 is 29.2 Å². The Morgan fingerprint density at radius 2 is 1.80 bits per heavy atom. The zero-order valence-electron chi connectivity index (χ0n) is 14.4. The molecule has 1 unspecified atom stereocenters. The molecule has 7 heteroatoms. The first-order chi connectivity index (χ1) is 11.8. The predicted octanol–water partition coefficient (Wildman–Crippen LogP) is 1.35. The van der Waals surface area contributed by atoms with Crippen LogP contribution in [-0.2, 0) is 16.1 Å². The average Bonchev–Trinajstić information content (AvgIpc) is 2.59. The standard InChI is InChI=1S/C18H20N2O5/c1-4-15(25-13(3)21)11-19-10-12(2)16(22)20(18(19)24)17(23)14-8-6-5-7-9-14/h5-10,15H,4,11H2,1-3H3. The molecule has 1 aromatic heterocycles. The number of esters is 1. The van der Waals surface area contributed by atoms with Crippen molar-refractivity contribution in [3.8, 4) is 0 Å². The number of benzene rings is 1. The number of nitrogens with zero attached hydrogens (tertiary/aromatic N) is 2. The van der Waals surface area contributed by atoms with E-state index >= 15 is 0 Å². The molecule has 0 bridgehead atoms. The van der Waals surface area contributed by atoms with Crippen molar-refractivity contribution >= 4 is 11.9 Å². The van der Waals surface area contributed by atoms with Crippen molar-refractivity contribution in [2.75, 3.05) is 0 Å². The van der Waals surface area contributed by atoms with Gasteiger partial charge in [0.15, 0.2) is 0 Å². The lowest BCUT2D eigenvalue weighted by atomic mass is 10.2. The Morgan fingerprint density at radius 3 is 2.36 bits per heavy atom. The first kappa shape index (κ1) is 18.4. The topological polar surface area (TPSA) is 87.4 Å². The van der Waals surface area contributed by atoms with Crippen molar-refractivity contribution in [3.05, 3.63) is 68.5 Å². The molecule has 0 radical (unpaired) electrons. The van der Waals surface area contributed by atoms with Gasteiger partial charge in [-0.25, -0.2) is 4.79 Å². The Morgan fingerprint density at radius 1 is 1.16 bits per heavy atom. The summed E-state index contributed by atoms with van der Waals surface area (Å²) in [7, 11) is 0. The van der Waals surface area contributed by atoms with Crippen LogP contribution in [0.1, 0.15) is 36.2 Å². The number of carbonyl (C=O) groups excluding carboxylic acids is 2. The fourth-order valence-electron chi connectivity index (χ4n) is 2.46. The van der Waals surface area contributed by atoms with Gasteiger partial charge in [-0.1, -0.05) is 25.1 Å². The second kappa shape index (κ2) is 7.74. The van der Waals surface area contributed by atoms with Crippen molar-refractivity contribution in [1.82, 2.24) is 9.13 Å². The highest BCUT2D eigenvalue weighted by molar-refractivity contribution is 5.95. The zero-order valence-corrected chi connectivity index (χ0v) is 14.4. The largest absolute Gasteiger partial charge is 0.461 e. The van der Waals surface area contributed by atoms with E-state index in [1.807, 2.05) is 6.92 Å². The van der Waals surface area contributed by atoms with Crippen LogP contribution < -0.4 is 11.2 Å². The summed E-state index contributed by atoms with van der Waals surface area (Å²) < 4.78 is 6.99. The summed E-state index contributed by atoms with van der Waals surface area (Å²) >= 11 is 0. The smallest absolute Gasteiger partial charge is 0.338 e. The van der Waals surface area contributed by atoms with Gasteiger partial charge in [-0.3, -0.25) is 19.0 Å². The van der Waals surface area contributed by atoms with Gasteiger partial charge in [0.2, 0.25) is 0 Å². The molecular weight excluding hydrogens is 324 g/mol. The monoisotopic (exact) mass is 344 g/mol. The van der Waals surface area contributed by atoms with Gasteiger partial charge in [-0.2, -0.15) is 4.57 Å². The summed E-state index contributed by atoms with van der Waals surface area (Å²) in [6.07, 6.45) is 1.36. The van der Waals surface area contributed by atoms with Crippen molar-refractivity contribution in [2.24, 2.45) is 0 Å². The maximum Gasteiger partial charge on any atom is 0.338 e. The molecule has 1 atom stereocenters. The average molecular weight is 344 g/mol. The van der Waals surface area contributed by atoms with Crippen molar-refractivity contribution in [1.29, 1.82) is 0 Å². The molecule has 2 rings (SSSR count). The molecule has 0 aliphatic carbocycles. The summed E-state index contributed by atoms with van der Waals surface area (Å²) in [6, 6.07) is 8.11. The lowest BCUT2D eigenvalue weighted by Crippen LogP contribution is -2.45. The third-order valence-electron chi connectivity index (χ3n) is 3.74. The van der Waals surface area contributed by atoms with Crippen LogP contribution in [0.5, 0.6) is 0 Å². The van der Waals surface area contributed by atoms with Crippen LogP contribution in [0.15, 0.2) is 46.1 Å². The van der Waals surface area contributed by atoms with Gasteiger partial charge in [0, 0.05) is 24.2 Å². The molecule has 7 nitrogen and oxygen atoms in total. The molecule has 132 valence electrons. The quantitative estimate of drug-likeness (QED) is 0.764. The number of hydrogen-bond acceptors (Lipinski definition) is 5. The number of aromatic nitrogens is 2. The van der Waals surface area contributed by atoms with E-state index in [1.54, 1.807) is 18.2 Å². The van der Waals surface area contributed by atoms with Crippen LogP contribution in [0, 0.1) is 6.92 Å². The molecular formula is C18H20N2O5. The molecule has 25 heavy (non-hydrogen) atoms. The fourth-order valence-corrected chi connectivity index (χ4v) is 2.46. The molecule has 0 aliphatic heterocycles. The first-order valence-corrected chi connectivity index (χ1v) is 7.95. The van der Waals surface area contributed by atoms with Gasteiger partial charge >= 0.3 is 11.7 Å². The Bertz CT molecular complexity index is 896. The molecule has 1 aromatic carbocycles. The van der Waals surface area contributed by atoms with Crippen LogP contribution in [0.25, 0.3) is 0 Å². The van der Waals surface area contributed by atoms with Gasteiger partial charge in [0.05, 0.1) is 6.54 Å². The maximum atomic E-state index is 12.7.